The predicted octanol–water partition coefficient (Wildman–Crippen LogP) is 2.10. The second-order valence-corrected chi connectivity index (χ2v) is 4.03. The van der Waals surface area contributed by atoms with E-state index in [1.807, 2.05) is 0 Å². The fourth-order valence-corrected chi connectivity index (χ4v) is 1.65. The summed E-state index contributed by atoms with van der Waals surface area (Å²) in [4.78, 5) is 11.4. The van der Waals surface area contributed by atoms with Gasteiger partial charge in [-0.3, -0.25) is 0 Å². The molecule has 0 aromatic carbocycles. The van der Waals surface area contributed by atoms with Gasteiger partial charge in [-0.15, -0.1) is 0 Å². The number of carbonyl (C=O) groups excluding carboxylic acids is 1. The quantitative estimate of drug-likeness (QED) is 0.777. The Hall–Kier alpha value is -1.29. The molecule has 1 aromatic heterocycles. The van der Waals surface area contributed by atoms with Crippen molar-refractivity contribution in [1.29, 1.82) is 0 Å². The summed E-state index contributed by atoms with van der Waals surface area (Å²) in [5.74, 6) is 0.469. The van der Waals surface area contributed by atoms with Crippen molar-refractivity contribution in [2.24, 2.45) is 0 Å². The smallest absolute Gasteiger partial charge is 0.341 e. The molecular weight excluding hydrogens is 206 g/mol. The third kappa shape index (κ3) is 2.64. The minimum absolute atomic E-state index is 0.318. The summed E-state index contributed by atoms with van der Waals surface area (Å²) in [7, 11) is 0. The molecule has 88 valence electrons. The molecule has 1 saturated carbocycles. The maximum Gasteiger partial charge on any atom is 0.341 e. The van der Waals surface area contributed by atoms with E-state index in [1.54, 1.807) is 13.0 Å². The van der Waals surface area contributed by atoms with E-state index in [2.05, 4.69) is 5.32 Å². The number of ether oxygens (including phenoxy) is 1. The zero-order chi connectivity index (χ0) is 11.4. The van der Waals surface area contributed by atoms with Crippen molar-refractivity contribution in [2.75, 3.05) is 6.61 Å². The first-order valence-electron chi connectivity index (χ1n) is 5.77. The highest BCUT2D eigenvalue weighted by atomic mass is 16.5. The van der Waals surface area contributed by atoms with Crippen LogP contribution < -0.4 is 5.32 Å². The Morgan fingerprint density at radius 1 is 1.62 bits per heavy atom. The minimum atomic E-state index is -0.318. The van der Waals surface area contributed by atoms with Gasteiger partial charge in [-0.2, -0.15) is 0 Å². The lowest BCUT2D eigenvalue weighted by molar-refractivity contribution is 0.0525. The summed E-state index contributed by atoms with van der Waals surface area (Å²) in [6.45, 7) is 2.86. The normalized spacial score (nSPS) is 15.8. The molecule has 0 aliphatic heterocycles. The van der Waals surface area contributed by atoms with Crippen molar-refractivity contribution in [3.05, 3.63) is 23.7 Å². The molecule has 1 aliphatic carbocycles. The maximum absolute atomic E-state index is 11.4. The van der Waals surface area contributed by atoms with Gasteiger partial charge in [0.1, 0.15) is 12.0 Å². The van der Waals surface area contributed by atoms with Crippen LogP contribution in [-0.4, -0.2) is 18.6 Å². The number of rotatable bonds is 5. The van der Waals surface area contributed by atoms with Crippen LogP contribution in [0.1, 0.15) is 42.3 Å². The van der Waals surface area contributed by atoms with Crippen molar-refractivity contribution in [2.45, 2.75) is 38.8 Å². The standard InChI is InChI=1S/C12H17NO3/c1-2-15-12(14)9-6-11(16-8-9)7-13-10-4-3-5-10/h6,8,10,13H,2-5,7H2,1H3. The highest BCUT2D eigenvalue weighted by molar-refractivity contribution is 5.89. The van der Waals surface area contributed by atoms with E-state index in [9.17, 15) is 4.79 Å². The summed E-state index contributed by atoms with van der Waals surface area (Å²) in [5.41, 5.74) is 0.493. The van der Waals surface area contributed by atoms with E-state index in [-0.39, 0.29) is 5.97 Å². The van der Waals surface area contributed by atoms with Crippen LogP contribution in [0, 0.1) is 0 Å². The van der Waals surface area contributed by atoms with Gasteiger partial charge in [-0.05, 0) is 25.8 Å². The highest BCUT2D eigenvalue weighted by Gasteiger charge is 2.17. The first kappa shape index (κ1) is 11.2. The van der Waals surface area contributed by atoms with Gasteiger partial charge >= 0.3 is 5.97 Å². The van der Waals surface area contributed by atoms with E-state index in [0.717, 1.165) is 5.76 Å². The third-order valence-electron chi connectivity index (χ3n) is 2.84. The van der Waals surface area contributed by atoms with Crippen molar-refractivity contribution in [3.8, 4) is 0 Å². The molecule has 0 bridgehead atoms. The molecule has 0 unspecified atom stereocenters. The molecule has 4 heteroatoms. The molecule has 0 spiro atoms. The maximum atomic E-state index is 11.4. The fourth-order valence-electron chi connectivity index (χ4n) is 1.65. The monoisotopic (exact) mass is 223 g/mol. The fraction of sp³-hybridized carbons (Fsp3) is 0.583. The zero-order valence-electron chi connectivity index (χ0n) is 9.49. The van der Waals surface area contributed by atoms with Gasteiger partial charge in [0.15, 0.2) is 0 Å². The second kappa shape index (κ2) is 5.16. The minimum Gasteiger partial charge on any atom is -0.467 e. The van der Waals surface area contributed by atoms with E-state index in [0.29, 0.717) is 24.8 Å². The van der Waals surface area contributed by atoms with Gasteiger partial charge in [-0.25, -0.2) is 4.79 Å². The molecule has 0 amide bonds. The van der Waals surface area contributed by atoms with Crippen LogP contribution in [0.2, 0.25) is 0 Å². The molecule has 1 fully saturated rings. The van der Waals surface area contributed by atoms with Gasteiger partial charge in [0.2, 0.25) is 0 Å². The molecule has 2 rings (SSSR count). The first-order valence-corrected chi connectivity index (χ1v) is 5.77. The summed E-state index contributed by atoms with van der Waals surface area (Å²) < 4.78 is 10.2. The molecule has 0 radical (unpaired) electrons. The van der Waals surface area contributed by atoms with Crippen LogP contribution in [0.4, 0.5) is 0 Å². The number of nitrogens with one attached hydrogen (secondary N) is 1. The van der Waals surface area contributed by atoms with E-state index in [1.165, 1.54) is 25.5 Å². The molecule has 1 N–H and O–H groups in total. The number of hydrogen-bond donors (Lipinski definition) is 1. The number of hydrogen-bond acceptors (Lipinski definition) is 4. The van der Waals surface area contributed by atoms with Crippen molar-refractivity contribution >= 4 is 5.97 Å². The van der Waals surface area contributed by atoms with E-state index in [4.69, 9.17) is 9.15 Å². The van der Waals surface area contributed by atoms with Crippen LogP contribution in [0.5, 0.6) is 0 Å². The topological polar surface area (TPSA) is 51.5 Å². The Morgan fingerprint density at radius 2 is 2.44 bits per heavy atom. The largest absolute Gasteiger partial charge is 0.467 e. The first-order chi connectivity index (χ1) is 7.79. The Kier molecular flexibility index (Phi) is 3.62. The van der Waals surface area contributed by atoms with Gasteiger partial charge in [0.05, 0.1) is 18.7 Å². The van der Waals surface area contributed by atoms with Gasteiger partial charge in [0.25, 0.3) is 0 Å². The molecule has 4 nitrogen and oxygen atoms in total. The molecule has 16 heavy (non-hydrogen) atoms. The zero-order valence-corrected chi connectivity index (χ0v) is 9.49. The molecule has 0 saturated heterocycles. The molecular formula is C12H17NO3. The number of carbonyl (C=O) groups is 1. The lowest BCUT2D eigenvalue weighted by Crippen LogP contribution is -2.34. The number of furan rings is 1. The van der Waals surface area contributed by atoms with Gasteiger partial charge < -0.3 is 14.5 Å². The molecule has 1 aromatic rings. The lowest BCUT2D eigenvalue weighted by Gasteiger charge is -2.25. The van der Waals surface area contributed by atoms with Crippen LogP contribution in [0.15, 0.2) is 16.7 Å². The summed E-state index contributed by atoms with van der Waals surface area (Å²) in [6.07, 6.45) is 5.25. The van der Waals surface area contributed by atoms with Crippen molar-refractivity contribution < 1.29 is 13.9 Å². The molecule has 1 aliphatic rings. The molecule has 0 atom stereocenters. The predicted molar refractivity (Wildman–Crippen MR) is 59.1 cm³/mol. The van der Waals surface area contributed by atoms with E-state index < -0.39 is 0 Å². The average Bonchev–Trinajstić information content (AvgIpc) is 2.64. The Bertz CT molecular complexity index is 355. The Labute approximate surface area is 95.0 Å². The summed E-state index contributed by atoms with van der Waals surface area (Å²) in [6, 6.07) is 2.36. The van der Waals surface area contributed by atoms with Crippen LogP contribution in [0.25, 0.3) is 0 Å². The highest BCUT2D eigenvalue weighted by Crippen LogP contribution is 2.19. The summed E-state index contributed by atoms with van der Waals surface area (Å²) in [5, 5.41) is 3.37. The number of esters is 1. The average molecular weight is 223 g/mol. The Morgan fingerprint density at radius 3 is 3.06 bits per heavy atom. The van der Waals surface area contributed by atoms with Crippen LogP contribution in [-0.2, 0) is 11.3 Å². The SMILES string of the molecule is CCOC(=O)c1coc(CNC2CCC2)c1. The third-order valence-corrected chi connectivity index (χ3v) is 2.84. The van der Waals surface area contributed by atoms with Crippen LogP contribution >= 0.6 is 0 Å². The Balaban J connectivity index is 1.83. The van der Waals surface area contributed by atoms with Crippen molar-refractivity contribution in [1.82, 2.24) is 5.32 Å². The van der Waals surface area contributed by atoms with E-state index >= 15 is 0 Å². The lowest BCUT2D eigenvalue weighted by atomic mass is 9.93. The van der Waals surface area contributed by atoms with Gasteiger partial charge in [0, 0.05) is 6.04 Å². The molecule has 1 heterocycles. The summed E-state index contributed by atoms with van der Waals surface area (Å²) >= 11 is 0. The van der Waals surface area contributed by atoms with Gasteiger partial charge in [-0.1, -0.05) is 6.42 Å². The van der Waals surface area contributed by atoms with Crippen LogP contribution in [0.3, 0.4) is 0 Å². The second-order valence-electron chi connectivity index (χ2n) is 4.03. The van der Waals surface area contributed by atoms with Crippen molar-refractivity contribution in [3.63, 3.8) is 0 Å².